The van der Waals surface area contributed by atoms with Gasteiger partial charge in [0, 0.05) is 0 Å². The van der Waals surface area contributed by atoms with E-state index in [1.165, 1.54) is 19.3 Å². The number of hydrogen-bond acceptors (Lipinski definition) is 1. The molecular weight excluding hydrogens is 263 g/mol. The van der Waals surface area contributed by atoms with E-state index in [2.05, 4.69) is 36.4 Å². The zero-order valence-corrected chi connectivity index (χ0v) is 9.91. The molecule has 1 atom stereocenters. The van der Waals surface area contributed by atoms with E-state index in [0.29, 0.717) is 0 Å². The van der Waals surface area contributed by atoms with Crippen LogP contribution in [-0.4, -0.2) is 11.2 Å². The molecule has 0 saturated heterocycles. The van der Waals surface area contributed by atoms with E-state index in [-0.39, 0.29) is 11.5 Å². The van der Waals surface area contributed by atoms with E-state index in [4.69, 9.17) is 0 Å². The average molecular weight is 280 g/mol. The number of aliphatic hydroxyl groups is 1. The van der Waals surface area contributed by atoms with E-state index in [0.717, 1.165) is 5.92 Å². The Morgan fingerprint density at radius 1 is 1.67 bits per heavy atom. The molecule has 0 aliphatic heterocycles. The maximum absolute atomic E-state index is 9.75. The van der Waals surface area contributed by atoms with E-state index in [9.17, 15) is 5.11 Å². The third-order valence-corrected chi connectivity index (χ3v) is 3.47. The second-order valence-electron chi connectivity index (χ2n) is 4.10. The molecule has 0 aromatic heterocycles. The van der Waals surface area contributed by atoms with Crippen LogP contribution in [0.2, 0.25) is 0 Å². The van der Waals surface area contributed by atoms with Crippen LogP contribution in [0.25, 0.3) is 0 Å². The lowest BCUT2D eigenvalue weighted by atomic mass is 9.59. The van der Waals surface area contributed by atoms with Gasteiger partial charge < -0.3 is 5.11 Å². The first-order chi connectivity index (χ1) is 5.62. The molecule has 1 rings (SSSR count). The summed E-state index contributed by atoms with van der Waals surface area (Å²) in [5.74, 6) is 0.854. The third-order valence-electron chi connectivity index (χ3n) is 3.06. The second-order valence-corrected chi connectivity index (χ2v) is 4.82. The summed E-state index contributed by atoms with van der Waals surface area (Å²) in [6, 6.07) is 0. The summed E-state index contributed by atoms with van der Waals surface area (Å²) >= 11 is 2.16. The first-order valence-electron chi connectivity index (χ1n) is 4.57. The van der Waals surface area contributed by atoms with Crippen LogP contribution in [-0.2, 0) is 0 Å². The number of rotatable bonds is 3. The maximum atomic E-state index is 9.75. The smallest absolute Gasteiger partial charge is 0.0782 e. The minimum Gasteiger partial charge on any atom is -0.388 e. The molecule has 1 N–H and O–H groups in total. The van der Waals surface area contributed by atoms with Gasteiger partial charge in [-0.2, -0.15) is 0 Å². The number of aliphatic hydroxyl groups excluding tert-OH is 1. The molecule has 0 spiro atoms. The van der Waals surface area contributed by atoms with Crippen LogP contribution >= 0.6 is 22.6 Å². The Kier molecular flexibility index (Phi) is 3.58. The minimum absolute atomic E-state index is 0.169. The topological polar surface area (TPSA) is 20.2 Å². The Bertz CT molecular complexity index is 171. The predicted molar refractivity (Wildman–Crippen MR) is 60.3 cm³/mol. The summed E-state index contributed by atoms with van der Waals surface area (Å²) in [6.45, 7) is 4.41. The summed E-state index contributed by atoms with van der Waals surface area (Å²) in [6.07, 6.45) is 5.29. The van der Waals surface area contributed by atoms with Gasteiger partial charge in [-0.15, -0.1) is 0 Å². The Morgan fingerprint density at radius 2 is 2.25 bits per heavy atom. The van der Waals surface area contributed by atoms with E-state index in [1.54, 1.807) is 0 Å². The fourth-order valence-electron chi connectivity index (χ4n) is 2.09. The van der Waals surface area contributed by atoms with Crippen LogP contribution in [0.1, 0.15) is 33.1 Å². The first-order valence-corrected chi connectivity index (χ1v) is 5.82. The number of hydrogen-bond donors (Lipinski definition) is 1. The second kappa shape index (κ2) is 4.09. The van der Waals surface area contributed by atoms with Crippen molar-refractivity contribution in [3.63, 3.8) is 0 Å². The van der Waals surface area contributed by atoms with Crippen LogP contribution in [0, 0.1) is 11.3 Å². The molecule has 70 valence electrons. The standard InChI is InChI=1S/C10H17IO/c1-3-8-6-10(2,7-8)9(12)4-5-11/h4-5,8-9,12H,3,6-7H2,1-2H3/t8?,9-,10?/m0/s1. The Morgan fingerprint density at radius 3 is 2.67 bits per heavy atom. The molecule has 0 heterocycles. The molecule has 2 heteroatoms. The van der Waals surface area contributed by atoms with Crippen molar-refractivity contribution < 1.29 is 5.11 Å². The van der Waals surface area contributed by atoms with Gasteiger partial charge in [-0.25, -0.2) is 0 Å². The van der Waals surface area contributed by atoms with Gasteiger partial charge in [-0.3, -0.25) is 0 Å². The summed E-state index contributed by atoms with van der Waals surface area (Å²) in [5.41, 5.74) is 0.169. The average Bonchev–Trinajstić information content (AvgIpc) is 1.99. The molecule has 0 bridgehead atoms. The van der Waals surface area contributed by atoms with Crippen molar-refractivity contribution in [1.82, 2.24) is 0 Å². The lowest BCUT2D eigenvalue weighted by Gasteiger charge is -2.47. The fourth-order valence-corrected chi connectivity index (χ4v) is 2.48. The van der Waals surface area contributed by atoms with Crippen LogP contribution in [0.5, 0.6) is 0 Å². The molecule has 0 radical (unpaired) electrons. The zero-order valence-electron chi connectivity index (χ0n) is 7.76. The molecule has 0 aromatic carbocycles. The molecule has 1 nitrogen and oxygen atoms in total. The lowest BCUT2D eigenvalue weighted by Crippen LogP contribution is -2.43. The van der Waals surface area contributed by atoms with Crippen LogP contribution in [0.3, 0.4) is 0 Å². The molecule has 1 saturated carbocycles. The largest absolute Gasteiger partial charge is 0.388 e. The Balaban J connectivity index is 2.43. The highest BCUT2D eigenvalue weighted by Gasteiger charge is 2.43. The van der Waals surface area contributed by atoms with Crippen molar-refractivity contribution in [1.29, 1.82) is 0 Å². The SMILES string of the molecule is CCC1CC(C)([C@@H](O)C=CI)C1. The van der Waals surface area contributed by atoms with E-state index < -0.39 is 0 Å². The summed E-state index contributed by atoms with van der Waals surface area (Å²) in [5, 5.41) is 9.75. The van der Waals surface area contributed by atoms with Gasteiger partial charge in [0.25, 0.3) is 0 Å². The zero-order chi connectivity index (χ0) is 9.19. The third kappa shape index (κ3) is 2.02. The summed E-state index contributed by atoms with van der Waals surface area (Å²) in [7, 11) is 0. The van der Waals surface area contributed by atoms with Gasteiger partial charge in [-0.05, 0) is 34.3 Å². The molecule has 1 fully saturated rings. The summed E-state index contributed by atoms with van der Waals surface area (Å²) < 4.78 is 1.91. The monoisotopic (exact) mass is 280 g/mol. The summed E-state index contributed by atoms with van der Waals surface area (Å²) in [4.78, 5) is 0. The van der Waals surface area contributed by atoms with Crippen molar-refractivity contribution in [2.24, 2.45) is 11.3 Å². The highest BCUT2D eigenvalue weighted by molar-refractivity contribution is 14.1. The van der Waals surface area contributed by atoms with Crippen LogP contribution < -0.4 is 0 Å². The Labute approximate surface area is 88.4 Å². The first kappa shape index (κ1) is 10.5. The molecule has 1 aliphatic rings. The molecule has 0 aromatic rings. The maximum Gasteiger partial charge on any atom is 0.0782 e. The van der Waals surface area contributed by atoms with Gasteiger partial charge in [-0.1, -0.05) is 42.9 Å². The lowest BCUT2D eigenvalue weighted by molar-refractivity contribution is -0.0314. The van der Waals surface area contributed by atoms with Crippen molar-refractivity contribution in [3.8, 4) is 0 Å². The van der Waals surface area contributed by atoms with E-state index in [1.807, 2.05) is 10.2 Å². The van der Waals surface area contributed by atoms with Gasteiger partial charge in [0.15, 0.2) is 0 Å². The van der Waals surface area contributed by atoms with Crippen molar-refractivity contribution in [2.75, 3.05) is 0 Å². The number of halogens is 1. The molecule has 12 heavy (non-hydrogen) atoms. The minimum atomic E-state index is -0.239. The highest BCUT2D eigenvalue weighted by atomic mass is 127. The van der Waals surface area contributed by atoms with Crippen LogP contribution in [0.4, 0.5) is 0 Å². The molecule has 0 unspecified atom stereocenters. The van der Waals surface area contributed by atoms with Gasteiger partial charge in [0.1, 0.15) is 0 Å². The van der Waals surface area contributed by atoms with Crippen molar-refractivity contribution in [3.05, 3.63) is 10.2 Å². The predicted octanol–water partition coefficient (Wildman–Crippen LogP) is 3.12. The molecule has 0 amide bonds. The highest BCUT2D eigenvalue weighted by Crippen LogP contribution is 2.49. The van der Waals surface area contributed by atoms with Gasteiger partial charge in [0.2, 0.25) is 0 Å². The van der Waals surface area contributed by atoms with Crippen molar-refractivity contribution in [2.45, 2.75) is 39.2 Å². The molecule has 1 aliphatic carbocycles. The van der Waals surface area contributed by atoms with Crippen LogP contribution in [0.15, 0.2) is 10.2 Å². The fraction of sp³-hybridized carbons (Fsp3) is 0.800. The van der Waals surface area contributed by atoms with E-state index >= 15 is 0 Å². The van der Waals surface area contributed by atoms with Gasteiger partial charge in [0.05, 0.1) is 6.10 Å². The van der Waals surface area contributed by atoms with Gasteiger partial charge >= 0.3 is 0 Å². The normalized spacial score (nSPS) is 38.2. The Hall–Kier alpha value is 0.430. The molecular formula is C10H17IO. The quantitative estimate of drug-likeness (QED) is 0.787. The van der Waals surface area contributed by atoms with Crippen molar-refractivity contribution >= 4 is 22.6 Å².